The van der Waals surface area contributed by atoms with Crippen LogP contribution in [0.25, 0.3) is 0 Å². The number of nitrogens with one attached hydrogen (secondary N) is 1. The molecule has 78 valence electrons. The zero-order valence-corrected chi connectivity index (χ0v) is 8.36. The molecule has 0 aromatic rings. The van der Waals surface area contributed by atoms with Gasteiger partial charge in [0.2, 0.25) is 0 Å². The molecule has 0 aliphatic heterocycles. The molecule has 1 nitrogen and oxygen atoms in total. The van der Waals surface area contributed by atoms with E-state index in [1.165, 1.54) is 0 Å². The standard InChI is InChI=1S/C9H16ClF2N/c10-8-3-1-7(2-4-8)5-13-6-9(11)12/h7-9,13H,1-6H2. The third-order valence-electron chi connectivity index (χ3n) is 2.51. The molecule has 0 amide bonds. The van der Waals surface area contributed by atoms with Crippen molar-refractivity contribution in [1.29, 1.82) is 0 Å². The fraction of sp³-hybridized carbons (Fsp3) is 1.00. The van der Waals surface area contributed by atoms with Gasteiger partial charge in [-0.2, -0.15) is 0 Å². The Kier molecular flexibility index (Phi) is 4.96. The molecule has 0 saturated heterocycles. The van der Waals surface area contributed by atoms with Crippen LogP contribution < -0.4 is 5.32 Å². The normalized spacial score (nSPS) is 29.5. The number of hydrogen-bond acceptors (Lipinski definition) is 1. The number of alkyl halides is 3. The Morgan fingerprint density at radius 2 is 1.85 bits per heavy atom. The Morgan fingerprint density at radius 1 is 1.23 bits per heavy atom. The zero-order chi connectivity index (χ0) is 9.68. The lowest BCUT2D eigenvalue weighted by Crippen LogP contribution is -2.29. The summed E-state index contributed by atoms with van der Waals surface area (Å²) in [6.45, 7) is 0.536. The van der Waals surface area contributed by atoms with Crippen molar-refractivity contribution in [3.05, 3.63) is 0 Å². The van der Waals surface area contributed by atoms with Gasteiger partial charge in [-0.15, -0.1) is 11.6 Å². The van der Waals surface area contributed by atoms with E-state index in [2.05, 4.69) is 5.32 Å². The van der Waals surface area contributed by atoms with Crippen LogP contribution in [0.2, 0.25) is 0 Å². The smallest absolute Gasteiger partial charge is 0.250 e. The molecular formula is C9H16ClF2N. The van der Waals surface area contributed by atoms with E-state index < -0.39 is 6.43 Å². The lowest BCUT2D eigenvalue weighted by Gasteiger charge is -2.25. The summed E-state index contributed by atoms with van der Waals surface area (Å²) in [6.07, 6.45) is 1.98. The Balaban J connectivity index is 2.02. The highest BCUT2D eigenvalue weighted by molar-refractivity contribution is 6.20. The van der Waals surface area contributed by atoms with Gasteiger partial charge in [0.25, 0.3) is 6.43 Å². The van der Waals surface area contributed by atoms with E-state index in [9.17, 15) is 8.78 Å². The van der Waals surface area contributed by atoms with Crippen molar-refractivity contribution >= 4 is 11.6 Å². The lowest BCUT2D eigenvalue weighted by atomic mass is 9.89. The molecule has 1 fully saturated rings. The van der Waals surface area contributed by atoms with Gasteiger partial charge in [0.1, 0.15) is 0 Å². The third-order valence-corrected chi connectivity index (χ3v) is 2.94. The van der Waals surface area contributed by atoms with E-state index in [0.29, 0.717) is 17.8 Å². The summed E-state index contributed by atoms with van der Waals surface area (Å²) in [4.78, 5) is 0. The molecule has 4 heteroatoms. The van der Waals surface area contributed by atoms with E-state index in [4.69, 9.17) is 11.6 Å². The van der Waals surface area contributed by atoms with Crippen LogP contribution in [0.1, 0.15) is 25.7 Å². The van der Waals surface area contributed by atoms with E-state index in [-0.39, 0.29) is 6.54 Å². The van der Waals surface area contributed by atoms with Gasteiger partial charge in [-0.25, -0.2) is 8.78 Å². The maximum absolute atomic E-state index is 11.8. The molecule has 0 atom stereocenters. The zero-order valence-electron chi connectivity index (χ0n) is 7.61. The second-order valence-electron chi connectivity index (χ2n) is 3.67. The molecule has 0 bridgehead atoms. The second-order valence-corrected chi connectivity index (χ2v) is 4.28. The molecule has 0 aromatic carbocycles. The molecular weight excluding hydrogens is 196 g/mol. The summed E-state index contributed by atoms with van der Waals surface area (Å²) in [5.74, 6) is 0.550. The fourth-order valence-corrected chi connectivity index (χ4v) is 1.97. The molecule has 1 rings (SSSR count). The molecule has 1 saturated carbocycles. The van der Waals surface area contributed by atoms with Gasteiger partial charge in [0.15, 0.2) is 0 Å². The van der Waals surface area contributed by atoms with Gasteiger partial charge < -0.3 is 5.32 Å². The maximum Gasteiger partial charge on any atom is 0.250 e. The molecule has 1 N–H and O–H groups in total. The van der Waals surface area contributed by atoms with E-state index in [0.717, 1.165) is 25.7 Å². The topological polar surface area (TPSA) is 12.0 Å². The minimum Gasteiger partial charge on any atom is -0.311 e. The van der Waals surface area contributed by atoms with Crippen molar-refractivity contribution in [1.82, 2.24) is 5.32 Å². The number of halogens is 3. The fourth-order valence-electron chi connectivity index (χ4n) is 1.72. The van der Waals surface area contributed by atoms with Crippen LogP contribution in [0.15, 0.2) is 0 Å². The highest BCUT2D eigenvalue weighted by Crippen LogP contribution is 2.26. The van der Waals surface area contributed by atoms with Crippen molar-refractivity contribution < 1.29 is 8.78 Å². The van der Waals surface area contributed by atoms with E-state index in [1.54, 1.807) is 0 Å². The Bertz CT molecular complexity index is 136. The summed E-state index contributed by atoms with van der Waals surface area (Å²) in [7, 11) is 0. The van der Waals surface area contributed by atoms with Crippen LogP contribution in [-0.2, 0) is 0 Å². The van der Waals surface area contributed by atoms with Gasteiger partial charge in [-0.1, -0.05) is 0 Å². The van der Waals surface area contributed by atoms with Crippen LogP contribution >= 0.6 is 11.6 Å². The van der Waals surface area contributed by atoms with Crippen LogP contribution in [0, 0.1) is 5.92 Å². The second kappa shape index (κ2) is 5.76. The quantitative estimate of drug-likeness (QED) is 0.705. The minimum atomic E-state index is -2.23. The van der Waals surface area contributed by atoms with Crippen LogP contribution in [0.4, 0.5) is 8.78 Å². The SMILES string of the molecule is FC(F)CNCC1CCC(Cl)CC1. The van der Waals surface area contributed by atoms with Crippen LogP contribution in [-0.4, -0.2) is 24.9 Å². The molecule has 13 heavy (non-hydrogen) atoms. The van der Waals surface area contributed by atoms with Gasteiger partial charge in [0, 0.05) is 5.38 Å². The van der Waals surface area contributed by atoms with E-state index >= 15 is 0 Å². The summed E-state index contributed by atoms with van der Waals surface area (Å²) in [5, 5.41) is 3.09. The van der Waals surface area contributed by atoms with Crippen molar-refractivity contribution in [3.63, 3.8) is 0 Å². The molecule has 0 aromatic heterocycles. The van der Waals surface area contributed by atoms with Crippen molar-refractivity contribution in [2.24, 2.45) is 5.92 Å². The van der Waals surface area contributed by atoms with Gasteiger partial charge in [-0.05, 0) is 38.1 Å². The molecule has 1 aliphatic rings. The first-order valence-corrected chi connectivity index (χ1v) is 5.25. The predicted molar refractivity (Wildman–Crippen MR) is 50.5 cm³/mol. The van der Waals surface area contributed by atoms with Crippen LogP contribution in [0.3, 0.4) is 0 Å². The highest BCUT2D eigenvalue weighted by atomic mass is 35.5. The van der Waals surface area contributed by atoms with Gasteiger partial charge in [0.05, 0.1) is 6.54 Å². The average molecular weight is 212 g/mol. The minimum absolute atomic E-state index is 0.180. The van der Waals surface area contributed by atoms with Crippen molar-refractivity contribution in [2.75, 3.05) is 13.1 Å². The first kappa shape index (κ1) is 11.2. The maximum atomic E-state index is 11.8. The average Bonchev–Trinajstić information content (AvgIpc) is 2.08. The first-order chi connectivity index (χ1) is 6.18. The molecule has 0 radical (unpaired) electrons. The van der Waals surface area contributed by atoms with E-state index in [1.807, 2.05) is 0 Å². The molecule has 0 unspecified atom stereocenters. The molecule has 0 heterocycles. The lowest BCUT2D eigenvalue weighted by molar-refractivity contribution is 0.143. The van der Waals surface area contributed by atoms with Gasteiger partial charge >= 0.3 is 0 Å². The van der Waals surface area contributed by atoms with Gasteiger partial charge in [-0.3, -0.25) is 0 Å². The number of rotatable bonds is 4. The Morgan fingerprint density at radius 3 is 2.38 bits per heavy atom. The summed E-state index contributed by atoms with van der Waals surface area (Å²) >= 11 is 5.93. The molecule has 0 spiro atoms. The summed E-state index contributed by atoms with van der Waals surface area (Å²) < 4.78 is 23.5. The van der Waals surface area contributed by atoms with Crippen LogP contribution in [0.5, 0.6) is 0 Å². The Labute approximate surface area is 82.8 Å². The monoisotopic (exact) mass is 211 g/mol. The van der Waals surface area contributed by atoms with Crippen molar-refractivity contribution in [2.45, 2.75) is 37.5 Å². The summed E-state index contributed by atoms with van der Waals surface area (Å²) in [6, 6.07) is 0. The number of hydrogen-bond donors (Lipinski definition) is 1. The van der Waals surface area contributed by atoms with Crippen molar-refractivity contribution in [3.8, 4) is 0 Å². The predicted octanol–water partition coefficient (Wildman–Crippen LogP) is 2.64. The first-order valence-electron chi connectivity index (χ1n) is 4.81. The third kappa shape index (κ3) is 4.77. The molecule has 1 aliphatic carbocycles. The summed E-state index contributed by atoms with van der Waals surface area (Å²) in [5.41, 5.74) is 0. The highest BCUT2D eigenvalue weighted by Gasteiger charge is 2.19. The largest absolute Gasteiger partial charge is 0.311 e. The Hall–Kier alpha value is 0.110.